The molecule has 0 aromatic heterocycles. The van der Waals surface area contributed by atoms with E-state index in [1.807, 2.05) is 25.1 Å². The molecule has 46 heavy (non-hydrogen) atoms. The highest BCUT2D eigenvalue weighted by molar-refractivity contribution is 6.25. The second kappa shape index (κ2) is 18.1. The van der Waals surface area contributed by atoms with Gasteiger partial charge in [-0.1, -0.05) is 98.7 Å². The largest absolute Gasteiger partial charge is 0.453 e. The maximum absolute atomic E-state index is 13.8. The van der Waals surface area contributed by atoms with Crippen molar-refractivity contribution in [1.29, 1.82) is 0 Å². The molecule has 2 aromatic rings. The Morgan fingerprint density at radius 3 is 2.17 bits per heavy atom. The van der Waals surface area contributed by atoms with Gasteiger partial charge in [0.1, 0.15) is 6.10 Å². The molecule has 2 amide bonds. The summed E-state index contributed by atoms with van der Waals surface area (Å²) in [6.07, 6.45) is 5.92. The Kier molecular flexibility index (Phi) is 14.3. The number of benzene rings is 2. The van der Waals surface area contributed by atoms with Gasteiger partial charge in [-0.3, -0.25) is 19.2 Å². The van der Waals surface area contributed by atoms with E-state index in [1.165, 1.54) is 13.0 Å². The zero-order valence-corrected chi connectivity index (χ0v) is 27.4. The van der Waals surface area contributed by atoms with Crippen LogP contribution < -0.4 is 0 Å². The van der Waals surface area contributed by atoms with Gasteiger partial charge in [-0.25, -0.2) is 9.69 Å². The first kappa shape index (κ1) is 36.4. The third kappa shape index (κ3) is 10.2. The first-order valence-electron chi connectivity index (χ1n) is 16.3. The summed E-state index contributed by atoms with van der Waals surface area (Å²) in [5.74, 6) is -3.66. The van der Waals surface area contributed by atoms with Crippen LogP contribution in [0.25, 0.3) is 5.57 Å². The summed E-state index contributed by atoms with van der Waals surface area (Å²) < 4.78 is 10.9. The molecule has 1 aliphatic rings. The molecule has 248 valence electrons. The minimum Gasteiger partial charge on any atom is -0.453 e. The van der Waals surface area contributed by atoms with Crippen LogP contribution >= 0.6 is 0 Å². The molecule has 4 atom stereocenters. The van der Waals surface area contributed by atoms with E-state index in [-0.39, 0.29) is 24.4 Å². The van der Waals surface area contributed by atoms with E-state index < -0.39 is 47.9 Å². The number of allylic oxidation sites excluding steroid dienone is 1. The van der Waals surface area contributed by atoms with Crippen molar-refractivity contribution in [2.24, 2.45) is 5.92 Å². The number of ether oxygens (including phenoxy) is 2. The van der Waals surface area contributed by atoms with Crippen LogP contribution in [0.15, 0.2) is 60.7 Å². The normalized spacial score (nSPS) is 17.7. The Hall–Kier alpha value is -4.11. The molecular formula is C37H47NO8. The highest BCUT2D eigenvalue weighted by Gasteiger charge is 2.47. The van der Waals surface area contributed by atoms with Crippen molar-refractivity contribution in [3.8, 4) is 0 Å². The quantitative estimate of drug-likeness (QED) is 0.109. The number of hydrogen-bond donors (Lipinski definition) is 1. The number of imide groups is 1. The summed E-state index contributed by atoms with van der Waals surface area (Å²) >= 11 is 0. The van der Waals surface area contributed by atoms with Crippen molar-refractivity contribution in [2.45, 2.75) is 104 Å². The summed E-state index contributed by atoms with van der Waals surface area (Å²) in [7, 11) is 0. The van der Waals surface area contributed by atoms with Crippen molar-refractivity contribution >= 4 is 35.1 Å². The number of carbonyl (C=O) groups is 5. The van der Waals surface area contributed by atoms with Crippen molar-refractivity contribution in [3.05, 3.63) is 77.4 Å². The summed E-state index contributed by atoms with van der Waals surface area (Å²) in [5, 5.41) is 8.90. The van der Waals surface area contributed by atoms with Gasteiger partial charge in [0, 0.05) is 25.5 Å². The van der Waals surface area contributed by atoms with Gasteiger partial charge in [0.05, 0.1) is 12.0 Å². The molecule has 0 aliphatic carbocycles. The van der Waals surface area contributed by atoms with E-state index in [9.17, 15) is 24.0 Å². The van der Waals surface area contributed by atoms with Crippen molar-refractivity contribution in [3.63, 3.8) is 0 Å². The Labute approximate surface area is 272 Å². The molecular weight excluding hydrogens is 586 g/mol. The molecule has 1 heterocycles. The number of aryl methyl sites for hydroxylation is 1. The van der Waals surface area contributed by atoms with Gasteiger partial charge in [-0.2, -0.15) is 0 Å². The fourth-order valence-electron chi connectivity index (χ4n) is 5.73. The van der Waals surface area contributed by atoms with Gasteiger partial charge in [0.2, 0.25) is 5.91 Å². The van der Waals surface area contributed by atoms with Crippen LogP contribution in [0, 0.1) is 12.8 Å². The number of aliphatic hydroxyl groups is 1. The fraction of sp³-hybridized carbons (Fsp3) is 0.486. The number of esters is 1. The zero-order valence-electron chi connectivity index (χ0n) is 27.4. The van der Waals surface area contributed by atoms with Crippen LogP contribution in [-0.2, 0) is 28.7 Å². The molecule has 1 N–H and O–H groups in total. The molecule has 1 aliphatic heterocycles. The van der Waals surface area contributed by atoms with E-state index in [0.29, 0.717) is 12.0 Å². The van der Waals surface area contributed by atoms with Crippen molar-refractivity contribution in [1.82, 2.24) is 4.90 Å². The monoisotopic (exact) mass is 633 g/mol. The summed E-state index contributed by atoms with van der Waals surface area (Å²) in [6, 6.07) is 15.6. The zero-order chi connectivity index (χ0) is 33.6. The lowest BCUT2D eigenvalue weighted by atomic mass is 9.92. The van der Waals surface area contributed by atoms with E-state index in [1.54, 1.807) is 43.3 Å². The number of ketones is 2. The van der Waals surface area contributed by atoms with Gasteiger partial charge in [-0.15, -0.1) is 0 Å². The Morgan fingerprint density at radius 1 is 0.935 bits per heavy atom. The maximum Gasteiger partial charge on any atom is 0.417 e. The number of Topliss-reactive ketones (excluding diaryl/α,β-unsaturated/α-hetero) is 1. The lowest BCUT2D eigenvalue weighted by Gasteiger charge is -2.26. The minimum atomic E-state index is -1.56. The van der Waals surface area contributed by atoms with Gasteiger partial charge in [-0.05, 0) is 50.8 Å². The lowest BCUT2D eigenvalue weighted by molar-refractivity contribution is -0.158. The van der Waals surface area contributed by atoms with Crippen LogP contribution in [0.4, 0.5) is 4.79 Å². The van der Waals surface area contributed by atoms with Crippen LogP contribution in [0.1, 0.15) is 101 Å². The third-order valence-electron chi connectivity index (χ3n) is 8.28. The highest BCUT2D eigenvalue weighted by Crippen LogP contribution is 2.34. The third-order valence-corrected chi connectivity index (χ3v) is 8.28. The minimum absolute atomic E-state index is 0.188. The molecule has 0 bridgehead atoms. The highest BCUT2D eigenvalue weighted by atomic mass is 16.6. The Balaban J connectivity index is 1.78. The number of cyclic esters (lactones) is 1. The number of hydrogen-bond acceptors (Lipinski definition) is 8. The Morgan fingerprint density at radius 2 is 1.57 bits per heavy atom. The molecule has 1 fully saturated rings. The number of rotatable bonds is 18. The van der Waals surface area contributed by atoms with Gasteiger partial charge in [0.25, 0.3) is 0 Å². The van der Waals surface area contributed by atoms with E-state index in [0.717, 1.165) is 67.9 Å². The smallest absolute Gasteiger partial charge is 0.417 e. The van der Waals surface area contributed by atoms with E-state index in [2.05, 4.69) is 0 Å². The molecule has 0 spiro atoms. The number of nitrogens with zero attached hydrogens (tertiary/aromatic N) is 1. The number of carbonyl (C=O) groups excluding carboxylic acids is 5. The number of aliphatic hydroxyl groups excluding tert-OH is 1. The molecule has 9 nitrogen and oxygen atoms in total. The molecule has 4 unspecified atom stereocenters. The Bertz CT molecular complexity index is 1380. The average molecular weight is 634 g/mol. The molecule has 1 saturated heterocycles. The van der Waals surface area contributed by atoms with E-state index in [4.69, 9.17) is 14.6 Å². The molecule has 3 rings (SSSR count). The van der Waals surface area contributed by atoms with Crippen LogP contribution in [0.3, 0.4) is 0 Å². The fourth-order valence-corrected chi connectivity index (χ4v) is 5.73. The van der Waals surface area contributed by atoms with Crippen molar-refractivity contribution in [2.75, 3.05) is 6.61 Å². The van der Waals surface area contributed by atoms with Gasteiger partial charge in [0.15, 0.2) is 17.7 Å². The second-order valence-electron chi connectivity index (χ2n) is 12.0. The maximum atomic E-state index is 13.8. The van der Waals surface area contributed by atoms with Gasteiger partial charge >= 0.3 is 12.1 Å². The van der Waals surface area contributed by atoms with Crippen LogP contribution in [-0.4, -0.2) is 58.3 Å². The predicted molar refractivity (Wildman–Crippen MR) is 174 cm³/mol. The first-order chi connectivity index (χ1) is 22.0. The standard InChI is InChI=1S/C37H47NO8/c1-25-17-16-20-30(23-25)31(32(41)21-14-9-7-5-6-8-10-15-22-39)24-33(42)34(45-28(4)40)26(2)36(43)38-27(3)35(46-37(38)44)29-18-12-11-13-19-29/h11-13,16-20,23-24,26-27,34-35,39H,5-10,14-15,21-22H2,1-4H3. The number of amides is 2. The van der Waals surface area contributed by atoms with Crippen LogP contribution in [0.2, 0.25) is 0 Å². The number of unbranched alkanes of at least 4 members (excludes halogenated alkanes) is 7. The van der Waals surface area contributed by atoms with Gasteiger partial charge < -0.3 is 14.6 Å². The average Bonchev–Trinajstić information content (AvgIpc) is 3.34. The lowest BCUT2D eigenvalue weighted by Crippen LogP contribution is -2.47. The summed E-state index contributed by atoms with van der Waals surface area (Å²) in [5.41, 5.74) is 2.37. The molecule has 2 aromatic carbocycles. The molecule has 0 radical (unpaired) electrons. The summed E-state index contributed by atoms with van der Waals surface area (Å²) in [6.45, 7) is 6.35. The first-order valence-corrected chi connectivity index (χ1v) is 16.3. The van der Waals surface area contributed by atoms with Crippen molar-refractivity contribution < 1.29 is 38.6 Å². The predicted octanol–water partition coefficient (Wildman–Crippen LogP) is 6.70. The van der Waals surface area contributed by atoms with Crippen LogP contribution in [0.5, 0.6) is 0 Å². The SMILES string of the molecule is CC(=O)OC(C(=O)C=C(C(=O)CCCCCCCCCCO)c1cccc(C)c1)C(C)C(=O)N1C(=O)OC(c2ccccc2)C1C. The molecule has 0 saturated carbocycles. The van der Waals surface area contributed by atoms with E-state index >= 15 is 0 Å². The topological polar surface area (TPSA) is 127 Å². The second-order valence-corrected chi connectivity index (χ2v) is 12.0. The molecule has 9 heteroatoms. The summed E-state index contributed by atoms with van der Waals surface area (Å²) in [4.78, 5) is 66.9.